The zero-order valence-electron chi connectivity index (χ0n) is 10.4. The van der Waals surface area contributed by atoms with Crippen LogP contribution in [0.2, 0.25) is 0 Å². The molecule has 1 rings (SSSR count). The fraction of sp³-hybridized carbons (Fsp3) is 0.917. The second kappa shape index (κ2) is 4.12. The first-order valence-electron chi connectivity index (χ1n) is 5.87. The van der Waals surface area contributed by atoms with Crippen molar-refractivity contribution >= 4 is 5.91 Å². The van der Waals surface area contributed by atoms with E-state index in [1.165, 1.54) is 6.42 Å². The highest BCUT2D eigenvalue weighted by atomic mass is 16.2. The maximum atomic E-state index is 11.8. The molecular weight excluding hydrogens is 188 g/mol. The molecule has 0 spiro atoms. The van der Waals surface area contributed by atoms with Gasteiger partial charge in [0.1, 0.15) is 0 Å². The van der Waals surface area contributed by atoms with Gasteiger partial charge >= 0.3 is 0 Å². The maximum absolute atomic E-state index is 11.8. The first-order chi connectivity index (χ1) is 6.77. The molecule has 0 aromatic rings. The minimum atomic E-state index is -0.716. The molecule has 2 atom stereocenters. The molecule has 0 aliphatic heterocycles. The van der Waals surface area contributed by atoms with Crippen molar-refractivity contribution in [3.05, 3.63) is 0 Å². The minimum Gasteiger partial charge on any atom is -0.352 e. The normalized spacial score (nSPS) is 28.5. The third-order valence-electron chi connectivity index (χ3n) is 3.56. The van der Waals surface area contributed by atoms with Gasteiger partial charge in [-0.1, -0.05) is 20.8 Å². The summed E-state index contributed by atoms with van der Waals surface area (Å²) >= 11 is 0. The molecule has 3 N–H and O–H groups in total. The Balaban J connectivity index is 2.47. The number of nitrogens with two attached hydrogens (primary N) is 1. The molecular formula is C12H24N2O. The molecule has 1 saturated carbocycles. The molecule has 1 amide bonds. The van der Waals surface area contributed by atoms with E-state index in [1.807, 2.05) is 6.92 Å². The van der Waals surface area contributed by atoms with Crippen LogP contribution in [0.1, 0.15) is 53.4 Å². The van der Waals surface area contributed by atoms with Crippen LogP contribution in [0.5, 0.6) is 0 Å². The van der Waals surface area contributed by atoms with E-state index in [2.05, 4.69) is 19.2 Å². The maximum Gasteiger partial charge on any atom is 0.239 e. The van der Waals surface area contributed by atoms with Crippen LogP contribution in [0.3, 0.4) is 0 Å². The standard InChI is InChI=1S/C12H24N2O/c1-5-12(4,13)10(15)14-9-6-7-11(2,3)8-9/h9H,5-8,13H2,1-4H3,(H,14,15). The summed E-state index contributed by atoms with van der Waals surface area (Å²) in [5.41, 5.74) is 5.55. The van der Waals surface area contributed by atoms with Crippen LogP contribution < -0.4 is 11.1 Å². The molecule has 0 saturated heterocycles. The number of nitrogens with one attached hydrogen (secondary N) is 1. The van der Waals surface area contributed by atoms with Crippen LogP contribution in [0.4, 0.5) is 0 Å². The number of amides is 1. The van der Waals surface area contributed by atoms with Gasteiger partial charge in [-0.05, 0) is 38.0 Å². The molecule has 0 aromatic heterocycles. The van der Waals surface area contributed by atoms with Gasteiger partial charge in [-0.3, -0.25) is 4.79 Å². The van der Waals surface area contributed by atoms with Gasteiger partial charge in [0.05, 0.1) is 5.54 Å². The highest BCUT2D eigenvalue weighted by Gasteiger charge is 2.34. The Hall–Kier alpha value is -0.570. The largest absolute Gasteiger partial charge is 0.352 e. The summed E-state index contributed by atoms with van der Waals surface area (Å²) in [6.45, 7) is 8.24. The second-order valence-corrected chi connectivity index (χ2v) is 5.85. The zero-order chi connectivity index (χ0) is 11.7. The van der Waals surface area contributed by atoms with Gasteiger partial charge in [0.25, 0.3) is 0 Å². The third-order valence-corrected chi connectivity index (χ3v) is 3.56. The van der Waals surface area contributed by atoms with Crippen LogP contribution in [-0.2, 0) is 4.79 Å². The van der Waals surface area contributed by atoms with Crippen molar-refractivity contribution in [2.24, 2.45) is 11.1 Å². The molecule has 1 aliphatic rings. The summed E-state index contributed by atoms with van der Waals surface area (Å²) in [6.07, 6.45) is 4.01. The number of hydrogen-bond acceptors (Lipinski definition) is 2. The highest BCUT2D eigenvalue weighted by Crippen LogP contribution is 2.37. The van der Waals surface area contributed by atoms with E-state index in [0.29, 0.717) is 17.9 Å². The quantitative estimate of drug-likeness (QED) is 0.749. The first-order valence-corrected chi connectivity index (χ1v) is 5.87. The van der Waals surface area contributed by atoms with Crippen LogP contribution >= 0.6 is 0 Å². The van der Waals surface area contributed by atoms with E-state index < -0.39 is 5.54 Å². The average Bonchev–Trinajstić information content (AvgIpc) is 2.45. The monoisotopic (exact) mass is 212 g/mol. The van der Waals surface area contributed by atoms with Crippen molar-refractivity contribution < 1.29 is 4.79 Å². The molecule has 0 radical (unpaired) electrons. The third kappa shape index (κ3) is 3.20. The Morgan fingerprint density at radius 2 is 2.20 bits per heavy atom. The summed E-state index contributed by atoms with van der Waals surface area (Å²) in [5, 5.41) is 3.06. The fourth-order valence-electron chi connectivity index (χ4n) is 2.07. The zero-order valence-corrected chi connectivity index (χ0v) is 10.4. The summed E-state index contributed by atoms with van der Waals surface area (Å²) in [4.78, 5) is 11.8. The molecule has 1 aliphatic carbocycles. The highest BCUT2D eigenvalue weighted by molar-refractivity contribution is 5.85. The van der Waals surface area contributed by atoms with E-state index >= 15 is 0 Å². The van der Waals surface area contributed by atoms with Crippen LogP contribution in [0.15, 0.2) is 0 Å². The Kier molecular flexibility index (Phi) is 3.44. The van der Waals surface area contributed by atoms with Crippen LogP contribution in [-0.4, -0.2) is 17.5 Å². The smallest absolute Gasteiger partial charge is 0.239 e. The van der Waals surface area contributed by atoms with Gasteiger partial charge < -0.3 is 11.1 Å². The lowest BCUT2D eigenvalue weighted by Gasteiger charge is -2.25. The van der Waals surface area contributed by atoms with E-state index in [4.69, 9.17) is 5.73 Å². The van der Waals surface area contributed by atoms with Gasteiger partial charge in [-0.2, -0.15) is 0 Å². The summed E-state index contributed by atoms with van der Waals surface area (Å²) in [7, 11) is 0. The average molecular weight is 212 g/mol. The van der Waals surface area contributed by atoms with Crippen molar-refractivity contribution in [3.8, 4) is 0 Å². The lowest BCUT2D eigenvalue weighted by atomic mass is 9.91. The SMILES string of the molecule is CCC(C)(N)C(=O)NC1CCC(C)(C)C1. The van der Waals surface area contributed by atoms with Crippen molar-refractivity contribution in [3.63, 3.8) is 0 Å². The van der Waals surface area contributed by atoms with E-state index in [1.54, 1.807) is 6.92 Å². The Morgan fingerprint density at radius 3 is 2.60 bits per heavy atom. The molecule has 88 valence electrons. The molecule has 0 aromatic carbocycles. The number of rotatable bonds is 3. The second-order valence-electron chi connectivity index (χ2n) is 5.85. The Bertz CT molecular complexity index is 246. The van der Waals surface area contributed by atoms with E-state index in [0.717, 1.165) is 12.8 Å². The molecule has 0 bridgehead atoms. The molecule has 0 heterocycles. The summed E-state index contributed by atoms with van der Waals surface area (Å²) in [5.74, 6) is -0.00676. The van der Waals surface area contributed by atoms with E-state index in [-0.39, 0.29) is 5.91 Å². The van der Waals surface area contributed by atoms with Crippen LogP contribution in [0, 0.1) is 5.41 Å². The Labute approximate surface area is 92.8 Å². The lowest BCUT2D eigenvalue weighted by molar-refractivity contribution is -0.126. The van der Waals surface area contributed by atoms with Gasteiger partial charge in [-0.15, -0.1) is 0 Å². The van der Waals surface area contributed by atoms with Crippen molar-refractivity contribution in [2.75, 3.05) is 0 Å². The first kappa shape index (κ1) is 12.5. The predicted molar refractivity (Wildman–Crippen MR) is 62.4 cm³/mol. The number of carbonyl (C=O) groups is 1. The topological polar surface area (TPSA) is 55.1 Å². The summed E-state index contributed by atoms with van der Waals surface area (Å²) < 4.78 is 0. The Morgan fingerprint density at radius 1 is 1.60 bits per heavy atom. The van der Waals surface area contributed by atoms with Gasteiger partial charge in [0.15, 0.2) is 0 Å². The fourth-order valence-corrected chi connectivity index (χ4v) is 2.07. The summed E-state index contributed by atoms with van der Waals surface area (Å²) in [6, 6.07) is 0.321. The molecule has 3 nitrogen and oxygen atoms in total. The molecule has 2 unspecified atom stereocenters. The van der Waals surface area contributed by atoms with Crippen molar-refractivity contribution in [2.45, 2.75) is 65.0 Å². The number of hydrogen-bond donors (Lipinski definition) is 2. The van der Waals surface area contributed by atoms with Crippen molar-refractivity contribution in [1.29, 1.82) is 0 Å². The van der Waals surface area contributed by atoms with Crippen LogP contribution in [0.25, 0.3) is 0 Å². The van der Waals surface area contributed by atoms with Gasteiger partial charge in [-0.25, -0.2) is 0 Å². The van der Waals surface area contributed by atoms with Gasteiger partial charge in [0, 0.05) is 6.04 Å². The molecule has 3 heteroatoms. The predicted octanol–water partition coefficient (Wildman–Crippen LogP) is 1.81. The molecule has 15 heavy (non-hydrogen) atoms. The van der Waals surface area contributed by atoms with E-state index in [9.17, 15) is 4.79 Å². The number of carbonyl (C=O) groups excluding carboxylic acids is 1. The van der Waals surface area contributed by atoms with Gasteiger partial charge in [0.2, 0.25) is 5.91 Å². The molecule has 1 fully saturated rings. The lowest BCUT2D eigenvalue weighted by Crippen LogP contribution is -2.53. The van der Waals surface area contributed by atoms with Crippen molar-refractivity contribution in [1.82, 2.24) is 5.32 Å². The minimum absolute atomic E-state index is 0.00676.